The van der Waals surface area contributed by atoms with Crippen LogP contribution in [0.25, 0.3) is 0 Å². The summed E-state index contributed by atoms with van der Waals surface area (Å²) in [6.45, 7) is 6.87. The summed E-state index contributed by atoms with van der Waals surface area (Å²) in [5.74, 6) is -0.310. The molecule has 3 N–H and O–H groups in total. The van der Waals surface area contributed by atoms with Gasteiger partial charge in [-0.25, -0.2) is 0 Å². The van der Waals surface area contributed by atoms with Crippen LogP contribution >= 0.6 is 11.6 Å². The van der Waals surface area contributed by atoms with Gasteiger partial charge in [-0.05, 0) is 39.2 Å². The fraction of sp³-hybridized carbons (Fsp3) is 0.941. The van der Waals surface area contributed by atoms with Gasteiger partial charge in [0.15, 0.2) is 11.5 Å². The monoisotopic (exact) mass is 678 g/mol. The molecule has 0 aliphatic carbocycles. The van der Waals surface area contributed by atoms with Gasteiger partial charge in [0.05, 0.1) is 28.3 Å². The predicted molar refractivity (Wildman–Crippen MR) is 182 cm³/mol. The summed E-state index contributed by atoms with van der Waals surface area (Å²) in [6, 6.07) is -1.20. The van der Waals surface area contributed by atoms with E-state index in [4.69, 9.17) is 21.1 Å². The van der Waals surface area contributed by atoms with Gasteiger partial charge in [0, 0.05) is 19.2 Å². The highest BCUT2D eigenvalue weighted by Gasteiger charge is 2.52. The number of nitrogens with one attached hydrogen (secondary N) is 1. The van der Waals surface area contributed by atoms with Gasteiger partial charge >= 0.3 is 5.97 Å². The molecule has 0 radical (unpaired) electrons. The molecule has 2 fully saturated rings. The Bertz CT molecular complexity index is 881. The number of alkyl halides is 1. The molecule has 2 heterocycles. The summed E-state index contributed by atoms with van der Waals surface area (Å²) < 4.78 is 24.3. The Labute approximate surface area is 280 Å². The second-order valence-corrected chi connectivity index (χ2v) is 15.6. The lowest BCUT2D eigenvalue weighted by Gasteiger charge is -2.45. The van der Waals surface area contributed by atoms with E-state index in [2.05, 4.69) is 19.2 Å². The van der Waals surface area contributed by atoms with Crippen molar-refractivity contribution in [1.82, 2.24) is 10.2 Å². The van der Waals surface area contributed by atoms with Crippen LogP contribution in [-0.4, -0.2) is 98.4 Å². The van der Waals surface area contributed by atoms with E-state index in [9.17, 15) is 24.0 Å². The first-order valence-electron chi connectivity index (χ1n) is 17.7. The summed E-state index contributed by atoms with van der Waals surface area (Å²) in [5.41, 5.74) is -1.18. The van der Waals surface area contributed by atoms with Crippen LogP contribution in [0.2, 0.25) is 0 Å². The van der Waals surface area contributed by atoms with E-state index in [0.29, 0.717) is 12.3 Å². The molecule has 0 aromatic rings. The number of nitrogens with zero attached hydrogens (tertiary/aromatic N) is 1. The minimum atomic E-state index is -1.66. The average molecular weight is 679 g/mol. The Kier molecular flexibility index (Phi) is 19.7. The van der Waals surface area contributed by atoms with E-state index in [-0.39, 0.29) is 18.4 Å². The minimum Gasteiger partial charge on any atom is -0.456 e. The molecule has 9 nitrogen and oxygen atoms in total. The zero-order valence-electron chi connectivity index (χ0n) is 28.6. The number of likely N-dealkylation sites (tertiary alicyclic amines) is 1. The van der Waals surface area contributed by atoms with Crippen molar-refractivity contribution in [3.63, 3.8) is 0 Å². The fourth-order valence-corrected chi connectivity index (χ4v) is 7.88. The van der Waals surface area contributed by atoms with Crippen LogP contribution in [-0.2, 0) is 29.9 Å². The number of unbranched alkanes of at least 4 members (excludes halogenated alkanes) is 12. The molecule has 1 amide bonds. The lowest BCUT2D eigenvalue weighted by Crippen LogP contribution is -2.66. The van der Waals surface area contributed by atoms with Crippen LogP contribution < -0.4 is 5.32 Å². The van der Waals surface area contributed by atoms with Crippen LogP contribution in [0.15, 0.2) is 0 Å². The largest absolute Gasteiger partial charge is 0.456 e. The van der Waals surface area contributed by atoms with E-state index in [1.807, 2.05) is 11.9 Å². The van der Waals surface area contributed by atoms with Gasteiger partial charge in [0.1, 0.15) is 18.3 Å². The van der Waals surface area contributed by atoms with Crippen molar-refractivity contribution in [2.75, 3.05) is 19.8 Å². The molecule has 45 heavy (non-hydrogen) atoms. The Hall–Kier alpha value is -0.780. The van der Waals surface area contributed by atoms with Crippen LogP contribution in [0.5, 0.6) is 0 Å². The Morgan fingerprint density at radius 3 is 2.02 bits per heavy atom. The topological polar surface area (TPSA) is 125 Å². The Balaban J connectivity index is 1.82. The molecule has 264 valence electrons. The molecular weight excluding hydrogens is 616 g/mol. The number of carbonyl (C=O) groups excluding carboxylic acids is 2. The minimum absolute atomic E-state index is 0.175. The van der Waals surface area contributed by atoms with Crippen molar-refractivity contribution in [3.8, 4) is 0 Å². The summed E-state index contributed by atoms with van der Waals surface area (Å²) in [5, 5.41) is 24.4. The number of aliphatic hydroxyl groups is 2. The third-order valence-electron chi connectivity index (χ3n) is 9.45. The molecule has 0 bridgehead atoms. The fourth-order valence-electron chi connectivity index (χ4n) is 6.80. The number of ether oxygens (including phenoxy) is 2. The molecule has 0 saturated carbocycles. The van der Waals surface area contributed by atoms with Crippen LogP contribution in [0.4, 0.5) is 0 Å². The maximum atomic E-state index is 13.3. The normalized spacial score (nSPS) is 29.3. The van der Waals surface area contributed by atoms with Gasteiger partial charge in [-0.2, -0.15) is 0 Å². The first kappa shape index (κ1) is 40.4. The number of likely N-dealkylation sites (N-methyl/N-ethyl adjacent to an activating group) is 1. The van der Waals surface area contributed by atoms with Crippen molar-refractivity contribution < 1.29 is 33.5 Å². The SMILES string of the molecule is CCCCCCCCCCCCCCCC(=O)OC1C(O)[C@@H](O)C(C(NC(=O)[C@H]2CC(CCC)CN2C)C(C)Cl)O[C@@H]1S(C)=O. The maximum absolute atomic E-state index is 13.3. The van der Waals surface area contributed by atoms with Crippen molar-refractivity contribution in [3.05, 3.63) is 0 Å². The Morgan fingerprint density at radius 2 is 1.51 bits per heavy atom. The molecule has 0 spiro atoms. The van der Waals surface area contributed by atoms with Gasteiger partial charge in [0.2, 0.25) is 5.91 Å². The van der Waals surface area contributed by atoms with E-state index >= 15 is 0 Å². The highest BCUT2D eigenvalue weighted by Crippen LogP contribution is 2.31. The predicted octanol–water partition coefficient (Wildman–Crippen LogP) is 5.44. The molecule has 11 heteroatoms. The zero-order chi connectivity index (χ0) is 33.4. The van der Waals surface area contributed by atoms with Gasteiger partial charge in [-0.15, -0.1) is 11.6 Å². The quantitative estimate of drug-likeness (QED) is 0.0786. The third-order valence-corrected chi connectivity index (χ3v) is 10.8. The van der Waals surface area contributed by atoms with Crippen molar-refractivity contribution in [2.45, 2.75) is 177 Å². The second-order valence-electron chi connectivity index (χ2n) is 13.5. The summed E-state index contributed by atoms with van der Waals surface area (Å²) >= 11 is 6.49. The number of aliphatic hydroxyl groups excluding tert-OH is 2. The number of rotatable bonds is 22. The van der Waals surface area contributed by atoms with Crippen LogP contribution in [0.3, 0.4) is 0 Å². The molecule has 7 unspecified atom stereocenters. The van der Waals surface area contributed by atoms with E-state index in [0.717, 1.165) is 45.1 Å². The van der Waals surface area contributed by atoms with Crippen LogP contribution in [0, 0.1) is 5.92 Å². The maximum Gasteiger partial charge on any atom is 0.306 e. The van der Waals surface area contributed by atoms with Crippen LogP contribution in [0.1, 0.15) is 130 Å². The molecule has 0 aromatic heterocycles. The molecule has 2 aliphatic heterocycles. The summed E-state index contributed by atoms with van der Waals surface area (Å²) in [6.07, 6.45) is 14.5. The average Bonchev–Trinajstić information content (AvgIpc) is 3.36. The number of hydrogen-bond donors (Lipinski definition) is 3. The standard InChI is InChI=1S/C34H63ClN2O7S/c1-6-8-9-10-11-12-13-14-15-16-17-18-19-21-27(38)43-32-30(40)29(39)31(44-34(32)45(5)42)28(24(3)35)36-33(41)26-22-25(20-7-2)23-37(26)4/h24-26,28-32,34,39-40H,6-23H2,1-5H3,(H,36,41)/t24?,25?,26-,28?,29-,30?,31?,32?,34-,45?/m1/s1. The van der Waals surface area contributed by atoms with E-state index in [1.165, 1.54) is 64.0 Å². The van der Waals surface area contributed by atoms with Gasteiger partial charge < -0.3 is 25.0 Å². The van der Waals surface area contributed by atoms with Gasteiger partial charge in [-0.1, -0.05) is 97.3 Å². The lowest BCUT2D eigenvalue weighted by atomic mass is 9.92. The van der Waals surface area contributed by atoms with Gasteiger partial charge in [-0.3, -0.25) is 18.7 Å². The number of halogens is 1. The van der Waals surface area contributed by atoms with Crippen molar-refractivity contribution in [1.29, 1.82) is 0 Å². The van der Waals surface area contributed by atoms with E-state index in [1.54, 1.807) is 6.92 Å². The highest BCUT2D eigenvalue weighted by atomic mass is 35.5. The van der Waals surface area contributed by atoms with E-state index < -0.39 is 58.0 Å². The Morgan fingerprint density at radius 1 is 0.956 bits per heavy atom. The number of hydrogen-bond acceptors (Lipinski definition) is 8. The first-order chi connectivity index (χ1) is 21.5. The molecule has 10 atom stereocenters. The highest BCUT2D eigenvalue weighted by molar-refractivity contribution is 7.84. The van der Waals surface area contributed by atoms with Gasteiger partial charge in [0.25, 0.3) is 0 Å². The first-order valence-corrected chi connectivity index (χ1v) is 19.7. The second kappa shape index (κ2) is 22.0. The molecule has 2 aliphatic rings. The number of amides is 1. The lowest BCUT2D eigenvalue weighted by molar-refractivity contribution is -0.219. The van der Waals surface area contributed by atoms with Crippen molar-refractivity contribution in [2.24, 2.45) is 5.92 Å². The third kappa shape index (κ3) is 13.7. The molecule has 0 aromatic carbocycles. The zero-order valence-corrected chi connectivity index (χ0v) is 30.2. The molecule has 2 rings (SSSR count). The number of carbonyl (C=O) groups is 2. The summed E-state index contributed by atoms with van der Waals surface area (Å²) in [4.78, 5) is 28.0. The number of esters is 1. The summed E-state index contributed by atoms with van der Waals surface area (Å²) in [7, 11) is 0.255. The molecule has 2 saturated heterocycles. The smallest absolute Gasteiger partial charge is 0.306 e. The van der Waals surface area contributed by atoms with Crippen molar-refractivity contribution >= 4 is 34.3 Å². The molecular formula is C34H63ClN2O7S.